The Bertz CT molecular complexity index is 573. The standard InChI is InChI=1S/C10H8N2O4/c1-16-10(13)9-4-6-2-3-7(12(14)15)5-8(6)11-9/h2-5,11H,1H3. The molecule has 0 spiro atoms. The van der Waals surface area contributed by atoms with Gasteiger partial charge in [0.05, 0.1) is 17.5 Å². The number of benzene rings is 1. The van der Waals surface area contributed by atoms with E-state index in [9.17, 15) is 14.9 Å². The minimum atomic E-state index is -0.501. The second-order valence-corrected chi connectivity index (χ2v) is 3.20. The molecule has 1 N–H and O–H groups in total. The highest BCUT2D eigenvalue weighted by Crippen LogP contribution is 2.21. The summed E-state index contributed by atoms with van der Waals surface area (Å²) in [5, 5.41) is 11.3. The number of nitro benzene ring substituents is 1. The molecule has 0 aliphatic carbocycles. The Morgan fingerprint density at radius 2 is 2.19 bits per heavy atom. The van der Waals surface area contributed by atoms with Gasteiger partial charge in [0, 0.05) is 17.5 Å². The number of methoxy groups -OCH3 is 1. The lowest BCUT2D eigenvalue weighted by molar-refractivity contribution is -0.384. The van der Waals surface area contributed by atoms with Gasteiger partial charge in [0.2, 0.25) is 0 Å². The van der Waals surface area contributed by atoms with E-state index < -0.39 is 10.9 Å². The van der Waals surface area contributed by atoms with E-state index in [2.05, 4.69) is 9.72 Å². The number of non-ortho nitro benzene ring substituents is 1. The van der Waals surface area contributed by atoms with Crippen LogP contribution >= 0.6 is 0 Å². The minimum absolute atomic E-state index is 0.0224. The van der Waals surface area contributed by atoms with Gasteiger partial charge in [-0.05, 0) is 12.1 Å². The fourth-order valence-electron chi connectivity index (χ4n) is 1.45. The van der Waals surface area contributed by atoms with Crippen LogP contribution in [0.4, 0.5) is 5.69 Å². The maximum absolute atomic E-state index is 11.2. The zero-order valence-corrected chi connectivity index (χ0v) is 8.39. The number of hydrogen-bond acceptors (Lipinski definition) is 4. The molecule has 0 unspecified atom stereocenters. The Morgan fingerprint density at radius 3 is 2.81 bits per heavy atom. The molecule has 0 aliphatic heterocycles. The predicted octanol–water partition coefficient (Wildman–Crippen LogP) is 1.86. The third-order valence-corrected chi connectivity index (χ3v) is 2.22. The van der Waals surface area contributed by atoms with Crippen molar-refractivity contribution < 1.29 is 14.5 Å². The van der Waals surface area contributed by atoms with Crippen molar-refractivity contribution >= 4 is 22.6 Å². The first kappa shape index (κ1) is 10.2. The van der Waals surface area contributed by atoms with E-state index in [-0.39, 0.29) is 11.4 Å². The average molecular weight is 220 g/mol. The van der Waals surface area contributed by atoms with Crippen LogP contribution in [0.1, 0.15) is 10.5 Å². The first-order valence-corrected chi connectivity index (χ1v) is 4.47. The molecule has 6 nitrogen and oxygen atoms in total. The topological polar surface area (TPSA) is 85.2 Å². The van der Waals surface area contributed by atoms with Crippen LogP contribution in [-0.2, 0) is 4.74 Å². The van der Waals surface area contributed by atoms with Gasteiger partial charge in [0.25, 0.3) is 5.69 Å². The van der Waals surface area contributed by atoms with Crippen molar-refractivity contribution in [2.75, 3.05) is 7.11 Å². The van der Waals surface area contributed by atoms with Crippen LogP contribution in [0.25, 0.3) is 10.9 Å². The molecule has 6 heteroatoms. The number of carbonyl (C=O) groups excluding carboxylic acids is 1. The number of H-pyrrole nitrogens is 1. The van der Waals surface area contributed by atoms with E-state index in [0.29, 0.717) is 5.52 Å². The fraction of sp³-hybridized carbons (Fsp3) is 0.100. The molecule has 82 valence electrons. The molecule has 2 aromatic rings. The summed E-state index contributed by atoms with van der Waals surface area (Å²) in [4.78, 5) is 24.0. The Morgan fingerprint density at radius 1 is 1.44 bits per heavy atom. The van der Waals surface area contributed by atoms with E-state index in [1.807, 2.05) is 0 Å². The second kappa shape index (κ2) is 3.65. The molecule has 16 heavy (non-hydrogen) atoms. The number of nitrogens with zero attached hydrogens (tertiary/aromatic N) is 1. The van der Waals surface area contributed by atoms with Crippen molar-refractivity contribution in [1.29, 1.82) is 0 Å². The lowest BCUT2D eigenvalue weighted by atomic mass is 10.2. The van der Waals surface area contributed by atoms with Crippen molar-refractivity contribution in [3.05, 3.63) is 40.1 Å². The van der Waals surface area contributed by atoms with Gasteiger partial charge in [0.15, 0.2) is 0 Å². The normalized spacial score (nSPS) is 10.3. The number of hydrogen-bond donors (Lipinski definition) is 1. The van der Waals surface area contributed by atoms with Gasteiger partial charge in [-0.25, -0.2) is 4.79 Å². The molecule has 0 amide bonds. The molecule has 0 atom stereocenters. The summed E-state index contributed by atoms with van der Waals surface area (Å²) in [5.41, 5.74) is 0.790. The van der Waals surface area contributed by atoms with Gasteiger partial charge < -0.3 is 9.72 Å². The van der Waals surface area contributed by atoms with Crippen LogP contribution in [0, 0.1) is 10.1 Å². The van der Waals surface area contributed by atoms with Crippen molar-refractivity contribution in [3.8, 4) is 0 Å². The lowest BCUT2D eigenvalue weighted by Gasteiger charge is -1.92. The van der Waals surface area contributed by atoms with Gasteiger partial charge >= 0.3 is 5.97 Å². The minimum Gasteiger partial charge on any atom is -0.464 e. The number of aromatic nitrogens is 1. The van der Waals surface area contributed by atoms with Crippen LogP contribution in [0.15, 0.2) is 24.3 Å². The van der Waals surface area contributed by atoms with Crippen LogP contribution in [0.2, 0.25) is 0 Å². The molecule has 1 aromatic heterocycles. The SMILES string of the molecule is COC(=O)c1cc2ccc([N+](=O)[O-])cc2[nH]1. The Kier molecular flexibility index (Phi) is 2.32. The number of esters is 1. The number of fused-ring (bicyclic) bond motifs is 1. The largest absolute Gasteiger partial charge is 0.464 e. The maximum atomic E-state index is 11.2. The lowest BCUT2D eigenvalue weighted by Crippen LogP contribution is -2.00. The third-order valence-electron chi connectivity index (χ3n) is 2.22. The quantitative estimate of drug-likeness (QED) is 0.475. The molecule has 2 rings (SSSR count). The number of aromatic amines is 1. The van der Waals surface area contributed by atoms with E-state index in [4.69, 9.17) is 0 Å². The molecule has 1 heterocycles. The summed E-state index contributed by atoms with van der Waals surface area (Å²) in [7, 11) is 1.27. The Labute approximate surface area is 90.0 Å². The molecular weight excluding hydrogens is 212 g/mol. The molecule has 0 saturated heterocycles. The highest BCUT2D eigenvalue weighted by atomic mass is 16.6. The summed E-state index contributed by atoms with van der Waals surface area (Å²) in [6, 6.07) is 5.93. The smallest absolute Gasteiger partial charge is 0.354 e. The molecule has 0 aliphatic rings. The van der Waals surface area contributed by atoms with E-state index in [1.165, 1.54) is 19.2 Å². The number of rotatable bonds is 2. The van der Waals surface area contributed by atoms with Gasteiger partial charge in [0.1, 0.15) is 5.69 Å². The first-order chi connectivity index (χ1) is 7.61. The molecule has 0 bridgehead atoms. The third kappa shape index (κ3) is 1.60. The van der Waals surface area contributed by atoms with E-state index >= 15 is 0 Å². The molecular formula is C10H8N2O4. The Balaban J connectivity index is 2.54. The van der Waals surface area contributed by atoms with Crippen LogP contribution in [0.3, 0.4) is 0 Å². The summed E-state index contributed by atoms with van der Waals surface area (Å²) in [6.07, 6.45) is 0. The summed E-state index contributed by atoms with van der Waals surface area (Å²) >= 11 is 0. The molecule has 0 fully saturated rings. The highest BCUT2D eigenvalue weighted by molar-refractivity contribution is 5.95. The zero-order valence-electron chi connectivity index (χ0n) is 8.39. The summed E-state index contributed by atoms with van der Waals surface area (Å²) in [6.45, 7) is 0. The number of carbonyl (C=O) groups is 1. The molecule has 0 radical (unpaired) electrons. The van der Waals surface area contributed by atoms with Crippen LogP contribution < -0.4 is 0 Å². The van der Waals surface area contributed by atoms with Gasteiger partial charge in [-0.1, -0.05) is 0 Å². The van der Waals surface area contributed by atoms with Crippen molar-refractivity contribution in [3.63, 3.8) is 0 Å². The van der Waals surface area contributed by atoms with Crippen molar-refractivity contribution in [1.82, 2.24) is 4.98 Å². The predicted molar refractivity (Wildman–Crippen MR) is 56.3 cm³/mol. The van der Waals surface area contributed by atoms with Crippen molar-refractivity contribution in [2.45, 2.75) is 0 Å². The monoisotopic (exact) mass is 220 g/mol. The van der Waals surface area contributed by atoms with Gasteiger partial charge in [-0.2, -0.15) is 0 Å². The second-order valence-electron chi connectivity index (χ2n) is 3.20. The highest BCUT2D eigenvalue weighted by Gasteiger charge is 2.12. The van der Waals surface area contributed by atoms with Gasteiger partial charge in [-0.15, -0.1) is 0 Å². The van der Waals surface area contributed by atoms with E-state index in [0.717, 1.165) is 5.39 Å². The fourth-order valence-corrected chi connectivity index (χ4v) is 1.45. The van der Waals surface area contributed by atoms with Crippen molar-refractivity contribution in [2.24, 2.45) is 0 Å². The molecule has 0 saturated carbocycles. The Hall–Kier alpha value is -2.37. The van der Waals surface area contributed by atoms with Crippen LogP contribution in [0.5, 0.6) is 0 Å². The summed E-state index contributed by atoms with van der Waals surface area (Å²) in [5.74, 6) is -0.501. The average Bonchev–Trinajstić information content (AvgIpc) is 2.70. The van der Waals surface area contributed by atoms with Gasteiger partial charge in [-0.3, -0.25) is 10.1 Å². The zero-order chi connectivity index (χ0) is 11.7. The number of ether oxygens (including phenoxy) is 1. The first-order valence-electron chi connectivity index (χ1n) is 4.47. The molecule has 1 aromatic carbocycles. The van der Waals surface area contributed by atoms with Crippen LogP contribution in [-0.4, -0.2) is 23.0 Å². The maximum Gasteiger partial charge on any atom is 0.354 e. The van der Waals surface area contributed by atoms with E-state index in [1.54, 1.807) is 12.1 Å². The summed E-state index contributed by atoms with van der Waals surface area (Å²) < 4.78 is 4.54. The number of nitrogens with one attached hydrogen (secondary N) is 1. The number of nitro groups is 1.